The highest BCUT2D eigenvalue weighted by Gasteiger charge is 2.15. The van der Waals surface area contributed by atoms with Crippen LogP contribution in [0.25, 0.3) is 11.5 Å². The Morgan fingerprint density at radius 3 is 2.39 bits per heavy atom. The SMILES string of the molecule is O=S(=O)(NCc1nnc(-c2ccc(F)cc2)o1)c1ccccc1. The quantitative estimate of drug-likeness (QED) is 0.775. The highest BCUT2D eigenvalue weighted by Crippen LogP contribution is 2.18. The Morgan fingerprint density at radius 1 is 1.00 bits per heavy atom. The predicted molar refractivity (Wildman–Crippen MR) is 80.2 cm³/mol. The van der Waals surface area contributed by atoms with Gasteiger partial charge in [-0.1, -0.05) is 18.2 Å². The van der Waals surface area contributed by atoms with E-state index in [1.54, 1.807) is 18.2 Å². The molecule has 0 spiro atoms. The van der Waals surface area contributed by atoms with Gasteiger partial charge in [-0.3, -0.25) is 0 Å². The summed E-state index contributed by atoms with van der Waals surface area (Å²) < 4.78 is 44.8. The van der Waals surface area contributed by atoms with E-state index in [1.165, 1.54) is 36.4 Å². The zero-order valence-corrected chi connectivity index (χ0v) is 12.6. The molecule has 0 saturated heterocycles. The van der Waals surface area contributed by atoms with Crippen molar-refractivity contribution >= 4 is 10.0 Å². The average Bonchev–Trinajstić information content (AvgIpc) is 3.04. The molecule has 0 aliphatic carbocycles. The van der Waals surface area contributed by atoms with Gasteiger partial charge in [0, 0.05) is 5.56 Å². The number of nitrogens with one attached hydrogen (secondary N) is 1. The summed E-state index contributed by atoms with van der Waals surface area (Å²) in [4.78, 5) is 0.151. The fourth-order valence-corrected chi connectivity index (χ4v) is 2.87. The number of benzene rings is 2. The Bertz CT molecular complexity index is 893. The molecule has 0 saturated carbocycles. The Kier molecular flexibility index (Phi) is 4.18. The number of hydrogen-bond acceptors (Lipinski definition) is 5. The molecule has 0 fully saturated rings. The molecule has 0 unspecified atom stereocenters. The van der Waals surface area contributed by atoms with Crippen LogP contribution in [0.5, 0.6) is 0 Å². The van der Waals surface area contributed by atoms with Crippen molar-refractivity contribution in [2.24, 2.45) is 0 Å². The molecule has 0 aliphatic rings. The molecular weight excluding hydrogens is 321 g/mol. The Morgan fingerprint density at radius 2 is 1.70 bits per heavy atom. The molecular formula is C15H12FN3O3S. The first-order valence-electron chi connectivity index (χ1n) is 6.68. The molecule has 8 heteroatoms. The van der Waals surface area contributed by atoms with E-state index in [9.17, 15) is 12.8 Å². The van der Waals surface area contributed by atoms with Crippen LogP contribution >= 0.6 is 0 Å². The molecule has 1 heterocycles. The topological polar surface area (TPSA) is 85.1 Å². The summed E-state index contributed by atoms with van der Waals surface area (Å²) in [6.07, 6.45) is 0. The monoisotopic (exact) mass is 333 g/mol. The van der Waals surface area contributed by atoms with Crippen molar-refractivity contribution in [2.75, 3.05) is 0 Å². The minimum Gasteiger partial charge on any atom is -0.419 e. The summed E-state index contributed by atoms with van der Waals surface area (Å²) in [5.74, 6) is -0.0631. The second-order valence-electron chi connectivity index (χ2n) is 4.65. The van der Waals surface area contributed by atoms with Crippen molar-refractivity contribution < 1.29 is 17.2 Å². The third-order valence-electron chi connectivity index (χ3n) is 3.02. The van der Waals surface area contributed by atoms with Crippen LogP contribution in [0.2, 0.25) is 0 Å². The molecule has 1 aromatic heterocycles. The molecule has 118 valence electrons. The van der Waals surface area contributed by atoms with Crippen molar-refractivity contribution in [3.05, 3.63) is 66.3 Å². The molecule has 3 aromatic rings. The number of rotatable bonds is 5. The van der Waals surface area contributed by atoms with Gasteiger partial charge in [-0.15, -0.1) is 10.2 Å². The second-order valence-corrected chi connectivity index (χ2v) is 6.41. The molecule has 0 bridgehead atoms. The maximum atomic E-state index is 12.9. The van der Waals surface area contributed by atoms with Crippen molar-refractivity contribution in [1.29, 1.82) is 0 Å². The zero-order valence-electron chi connectivity index (χ0n) is 11.8. The summed E-state index contributed by atoms with van der Waals surface area (Å²) in [7, 11) is -3.65. The number of nitrogens with zero attached hydrogens (tertiary/aromatic N) is 2. The molecule has 6 nitrogen and oxygen atoms in total. The zero-order chi connectivity index (χ0) is 16.3. The minimum atomic E-state index is -3.65. The normalized spacial score (nSPS) is 11.5. The van der Waals surface area contributed by atoms with Crippen LogP contribution in [-0.4, -0.2) is 18.6 Å². The first-order chi connectivity index (χ1) is 11.0. The fraction of sp³-hybridized carbons (Fsp3) is 0.0667. The van der Waals surface area contributed by atoms with E-state index in [1.807, 2.05) is 0 Å². The molecule has 0 amide bonds. The van der Waals surface area contributed by atoms with Gasteiger partial charge < -0.3 is 4.42 Å². The molecule has 0 aliphatic heterocycles. The molecule has 0 radical (unpaired) electrons. The Labute approximate surface area is 132 Å². The molecule has 3 rings (SSSR count). The lowest BCUT2D eigenvalue weighted by Crippen LogP contribution is -2.23. The average molecular weight is 333 g/mol. The van der Waals surface area contributed by atoms with Crippen LogP contribution in [0, 0.1) is 5.82 Å². The molecule has 1 N–H and O–H groups in total. The van der Waals surface area contributed by atoms with E-state index in [0.717, 1.165) is 0 Å². The van der Waals surface area contributed by atoms with E-state index in [4.69, 9.17) is 4.42 Å². The smallest absolute Gasteiger partial charge is 0.247 e. The van der Waals surface area contributed by atoms with Gasteiger partial charge in [0.1, 0.15) is 5.82 Å². The van der Waals surface area contributed by atoms with Gasteiger partial charge in [-0.25, -0.2) is 17.5 Å². The van der Waals surface area contributed by atoms with E-state index in [-0.39, 0.29) is 29.0 Å². The summed E-state index contributed by atoms with van der Waals surface area (Å²) in [6.45, 7) is -0.134. The highest BCUT2D eigenvalue weighted by atomic mass is 32.2. The van der Waals surface area contributed by atoms with Crippen LogP contribution < -0.4 is 4.72 Å². The van der Waals surface area contributed by atoms with Crippen molar-refractivity contribution in [1.82, 2.24) is 14.9 Å². The molecule has 2 aromatic carbocycles. The second kappa shape index (κ2) is 6.27. The Hall–Kier alpha value is -2.58. The van der Waals surface area contributed by atoms with Gasteiger partial charge in [0.15, 0.2) is 0 Å². The van der Waals surface area contributed by atoms with Crippen LogP contribution in [0.15, 0.2) is 63.9 Å². The lowest BCUT2D eigenvalue weighted by molar-refractivity contribution is 0.494. The highest BCUT2D eigenvalue weighted by molar-refractivity contribution is 7.89. The first-order valence-corrected chi connectivity index (χ1v) is 8.16. The lowest BCUT2D eigenvalue weighted by atomic mass is 10.2. The number of sulfonamides is 1. The van der Waals surface area contributed by atoms with Crippen molar-refractivity contribution in [3.63, 3.8) is 0 Å². The largest absolute Gasteiger partial charge is 0.419 e. The van der Waals surface area contributed by atoms with Gasteiger partial charge in [0.25, 0.3) is 0 Å². The summed E-state index contributed by atoms with van der Waals surface area (Å²) in [6, 6.07) is 13.5. The van der Waals surface area contributed by atoms with Gasteiger partial charge in [-0.05, 0) is 36.4 Å². The van der Waals surface area contributed by atoms with E-state index in [0.29, 0.717) is 5.56 Å². The molecule has 0 atom stereocenters. The molecule has 23 heavy (non-hydrogen) atoms. The van der Waals surface area contributed by atoms with E-state index in [2.05, 4.69) is 14.9 Å². The van der Waals surface area contributed by atoms with Gasteiger partial charge in [-0.2, -0.15) is 0 Å². The van der Waals surface area contributed by atoms with Crippen LogP contribution in [0.4, 0.5) is 4.39 Å². The van der Waals surface area contributed by atoms with Gasteiger partial charge >= 0.3 is 0 Å². The number of aromatic nitrogens is 2. The van der Waals surface area contributed by atoms with Crippen LogP contribution in [0.3, 0.4) is 0 Å². The van der Waals surface area contributed by atoms with Gasteiger partial charge in [0.2, 0.25) is 21.8 Å². The third-order valence-corrected chi connectivity index (χ3v) is 4.44. The van der Waals surface area contributed by atoms with E-state index >= 15 is 0 Å². The van der Waals surface area contributed by atoms with Crippen LogP contribution in [0.1, 0.15) is 5.89 Å². The first kappa shape index (κ1) is 15.3. The van der Waals surface area contributed by atoms with Crippen LogP contribution in [-0.2, 0) is 16.6 Å². The van der Waals surface area contributed by atoms with E-state index < -0.39 is 10.0 Å². The maximum absolute atomic E-state index is 12.9. The third kappa shape index (κ3) is 3.61. The summed E-state index contributed by atoms with van der Waals surface area (Å²) in [5, 5.41) is 7.59. The summed E-state index contributed by atoms with van der Waals surface area (Å²) in [5.41, 5.74) is 0.552. The Balaban J connectivity index is 1.71. The maximum Gasteiger partial charge on any atom is 0.247 e. The minimum absolute atomic E-state index is 0.115. The predicted octanol–water partition coefficient (Wildman–Crippen LogP) is 2.35. The number of hydrogen-bond donors (Lipinski definition) is 1. The standard InChI is InChI=1S/C15H12FN3O3S/c16-12-8-6-11(7-9-12)15-19-18-14(22-15)10-17-23(20,21)13-4-2-1-3-5-13/h1-9,17H,10H2. The number of halogens is 1. The summed E-state index contributed by atoms with van der Waals surface area (Å²) >= 11 is 0. The van der Waals surface area contributed by atoms with Crippen molar-refractivity contribution in [3.8, 4) is 11.5 Å². The van der Waals surface area contributed by atoms with Gasteiger partial charge in [0.05, 0.1) is 11.4 Å². The lowest BCUT2D eigenvalue weighted by Gasteiger charge is -2.03. The fourth-order valence-electron chi connectivity index (χ4n) is 1.87. The van der Waals surface area contributed by atoms with Crippen molar-refractivity contribution in [2.45, 2.75) is 11.4 Å².